The van der Waals surface area contributed by atoms with Crippen LogP contribution in [0.5, 0.6) is 0 Å². The van der Waals surface area contributed by atoms with Gasteiger partial charge in [-0.15, -0.1) is 0 Å². The zero-order valence-corrected chi connectivity index (χ0v) is 22.9. The van der Waals surface area contributed by atoms with E-state index in [4.69, 9.17) is 4.74 Å². The molecule has 35 heavy (non-hydrogen) atoms. The summed E-state index contributed by atoms with van der Waals surface area (Å²) in [4.78, 5) is 51.9. The number of amides is 3. The number of allylic oxidation sites excluding steroid dienone is 1. The van der Waals surface area contributed by atoms with E-state index in [9.17, 15) is 24.3 Å². The molecule has 2 rings (SSSR count). The molecule has 6 atom stereocenters. The number of nitrogens with one attached hydrogen (secondary N) is 3. The highest BCUT2D eigenvalue weighted by molar-refractivity contribution is 8.76. The predicted octanol–water partition coefficient (Wildman–Crippen LogP) is 1.65. The van der Waals surface area contributed by atoms with Crippen LogP contribution in [-0.4, -0.2) is 82.6 Å². The highest BCUT2D eigenvalue weighted by Crippen LogP contribution is 2.24. The maximum absolute atomic E-state index is 13.3. The number of ether oxygens (including phenoxy) is 1. The molecule has 0 saturated carbocycles. The summed E-state index contributed by atoms with van der Waals surface area (Å²) in [6.07, 6.45) is 4.75. The molecule has 3 amide bonds. The summed E-state index contributed by atoms with van der Waals surface area (Å²) in [5, 5.41) is 19.3. The third kappa shape index (κ3) is 10.3. The van der Waals surface area contributed by atoms with Crippen LogP contribution >= 0.6 is 33.3 Å². The van der Waals surface area contributed by atoms with Crippen molar-refractivity contribution in [2.75, 3.05) is 23.5 Å². The zero-order valence-electron chi connectivity index (χ0n) is 20.5. The number of esters is 1. The van der Waals surface area contributed by atoms with Gasteiger partial charge in [0.2, 0.25) is 17.7 Å². The van der Waals surface area contributed by atoms with Crippen molar-refractivity contribution in [2.45, 2.75) is 76.3 Å². The smallest absolute Gasteiger partial charge is 0.309 e. The Labute approximate surface area is 219 Å². The molecule has 0 aromatic rings. The number of hydrogen-bond acceptors (Lipinski definition) is 9. The third-order valence-corrected chi connectivity index (χ3v) is 9.05. The molecular weight excluding hydrogens is 510 g/mol. The van der Waals surface area contributed by atoms with Gasteiger partial charge >= 0.3 is 5.97 Å². The Morgan fingerprint density at radius 2 is 1.91 bits per heavy atom. The van der Waals surface area contributed by atoms with Crippen LogP contribution in [0.3, 0.4) is 0 Å². The second-order valence-electron chi connectivity index (χ2n) is 8.71. The summed E-state index contributed by atoms with van der Waals surface area (Å²) >= 11 is 1.55. The molecule has 2 heterocycles. The standard InChI is InChI=1S/C23H37N3O6S3/c1-4-14(2)21-18(27)12-20(29)32-15-7-5-6-9-34-35-13-17(23(31)26-21)25-22(30)16(8-10-33-3)24-19(28)11-15/h5,7,14-18,21,27H,4,6,8-13H2,1-3H3,(H,24,28)(H,25,30)(H,26,31)/b7-5+/t14-,15?,16-,17+,18?,21-/m0/s1. The molecular formula is C23H37N3O6S3. The average molecular weight is 548 g/mol. The quantitative estimate of drug-likeness (QED) is 0.230. The van der Waals surface area contributed by atoms with E-state index in [1.807, 2.05) is 26.2 Å². The van der Waals surface area contributed by atoms with Gasteiger partial charge in [-0.3, -0.25) is 19.2 Å². The number of fused-ring (bicyclic) bond motifs is 7. The van der Waals surface area contributed by atoms with Crippen molar-refractivity contribution in [3.63, 3.8) is 0 Å². The Hall–Kier alpha value is -1.37. The molecule has 0 radical (unpaired) electrons. The van der Waals surface area contributed by atoms with Gasteiger partial charge in [0.15, 0.2) is 0 Å². The molecule has 2 bridgehead atoms. The highest BCUT2D eigenvalue weighted by Gasteiger charge is 2.34. The van der Waals surface area contributed by atoms with E-state index >= 15 is 0 Å². The molecule has 2 unspecified atom stereocenters. The van der Waals surface area contributed by atoms with E-state index in [1.54, 1.807) is 28.6 Å². The molecule has 12 heteroatoms. The SMILES string of the molecule is CC[C@H](C)[C@@H]1NC(=O)[C@H]2CSSCC/C=C/C(CC(=O)N[C@@H](CCSC)C(=O)N2)OC(=O)CC1O. The zero-order chi connectivity index (χ0) is 25.8. The Morgan fingerprint density at radius 1 is 1.14 bits per heavy atom. The molecule has 2 aliphatic heterocycles. The first kappa shape index (κ1) is 29.9. The number of hydrogen-bond donors (Lipinski definition) is 4. The average Bonchev–Trinajstić information content (AvgIpc) is 2.81. The molecule has 1 fully saturated rings. The van der Waals surface area contributed by atoms with Crippen molar-refractivity contribution in [1.29, 1.82) is 0 Å². The fraction of sp³-hybridized carbons (Fsp3) is 0.739. The second kappa shape index (κ2) is 15.7. The first-order chi connectivity index (χ1) is 16.7. The van der Waals surface area contributed by atoms with E-state index in [-0.39, 0.29) is 18.8 Å². The van der Waals surface area contributed by atoms with Crippen molar-refractivity contribution < 1.29 is 29.0 Å². The van der Waals surface area contributed by atoms with Gasteiger partial charge in [-0.05, 0) is 36.8 Å². The van der Waals surface area contributed by atoms with Crippen LogP contribution in [-0.2, 0) is 23.9 Å². The monoisotopic (exact) mass is 547 g/mol. The van der Waals surface area contributed by atoms with E-state index in [0.29, 0.717) is 30.8 Å². The predicted molar refractivity (Wildman–Crippen MR) is 142 cm³/mol. The summed E-state index contributed by atoms with van der Waals surface area (Å²) in [5.41, 5.74) is 0. The molecule has 2 aliphatic rings. The largest absolute Gasteiger partial charge is 0.457 e. The van der Waals surface area contributed by atoms with E-state index in [0.717, 1.165) is 5.75 Å². The number of rotatable bonds is 5. The lowest BCUT2D eigenvalue weighted by Gasteiger charge is -2.31. The van der Waals surface area contributed by atoms with Gasteiger partial charge in [0.05, 0.1) is 25.0 Å². The van der Waals surface area contributed by atoms with Crippen molar-refractivity contribution >= 4 is 57.0 Å². The summed E-state index contributed by atoms with van der Waals surface area (Å²) in [6, 6.07) is -2.39. The van der Waals surface area contributed by atoms with Crippen molar-refractivity contribution in [3.05, 3.63) is 12.2 Å². The molecule has 4 N–H and O–H groups in total. The van der Waals surface area contributed by atoms with Crippen LogP contribution in [0.2, 0.25) is 0 Å². The van der Waals surface area contributed by atoms with E-state index < -0.39 is 54.0 Å². The van der Waals surface area contributed by atoms with Crippen molar-refractivity contribution in [1.82, 2.24) is 16.0 Å². The van der Waals surface area contributed by atoms with E-state index in [2.05, 4.69) is 16.0 Å². The topological polar surface area (TPSA) is 134 Å². The number of aliphatic hydroxyl groups excluding tert-OH is 1. The van der Waals surface area contributed by atoms with Crippen molar-refractivity contribution in [2.24, 2.45) is 5.92 Å². The summed E-state index contributed by atoms with van der Waals surface area (Å²) in [7, 11) is 3.05. The van der Waals surface area contributed by atoms with E-state index in [1.165, 1.54) is 10.8 Å². The Kier molecular flexibility index (Phi) is 13.4. The van der Waals surface area contributed by atoms with Gasteiger partial charge in [0.1, 0.15) is 18.2 Å². The van der Waals surface area contributed by atoms with Gasteiger partial charge in [0.25, 0.3) is 0 Å². The fourth-order valence-corrected chi connectivity index (χ4v) is 6.36. The lowest BCUT2D eigenvalue weighted by Crippen LogP contribution is -2.58. The van der Waals surface area contributed by atoms with Crippen LogP contribution in [0, 0.1) is 5.92 Å². The molecule has 1 saturated heterocycles. The lowest BCUT2D eigenvalue weighted by molar-refractivity contribution is -0.151. The first-order valence-electron chi connectivity index (χ1n) is 11.9. The number of carbonyl (C=O) groups excluding carboxylic acids is 4. The minimum absolute atomic E-state index is 0.122. The number of carbonyl (C=O) groups is 4. The molecule has 0 spiro atoms. The van der Waals surface area contributed by atoms with Gasteiger partial charge in [-0.2, -0.15) is 11.8 Å². The Balaban J connectivity index is 2.46. The van der Waals surface area contributed by atoms with Crippen LogP contribution in [0.1, 0.15) is 46.0 Å². The maximum atomic E-state index is 13.3. The van der Waals surface area contributed by atoms with Crippen LogP contribution in [0.25, 0.3) is 0 Å². The molecule has 198 valence electrons. The summed E-state index contributed by atoms with van der Waals surface area (Å²) < 4.78 is 5.54. The van der Waals surface area contributed by atoms with Crippen molar-refractivity contribution in [3.8, 4) is 0 Å². The minimum atomic E-state index is -1.18. The maximum Gasteiger partial charge on any atom is 0.309 e. The second-order valence-corrected chi connectivity index (χ2v) is 12.3. The highest BCUT2D eigenvalue weighted by atomic mass is 33.1. The molecule has 9 nitrogen and oxygen atoms in total. The Bertz CT molecular complexity index is 769. The molecule has 0 aromatic carbocycles. The van der Waals surface area contributed by atoms with Gasteiger partial charge in [-0.1, -0.05) is 47.9 Å². The normalized spacial score (nSPS) is 31.5. The summed E-state index contributed by atoms with van der Waals surface area (Å²) in [6.45, 7) is 3.82. The summed E-state index contributed by atoms with van der Waals surface area (Å²) in [5.74, 6) is -0.362. The number of aliphatic hydroxyl groups is 1. The fourth-order valence-electron chi connectivity index (χ4n) is 3.74. The third-order valence-electron chi connectivity index (χ3n) is 5.96. The van der Waals surface area contributed by atoms with Gasteiger partial charge < -0.3 is 25.8 Å². The van der Waals surface area contributed by atoms with Crippen LogP contribution < -0.4 is 16.0 Å². The molecule has 0 aromatic heterocycles. The van der Waals surface area contributed by atoms with Crippen LogP contribution in [0.15, 0.2) is 12.2 Å². The van der Waals surface area contributed by atoms with Gasteiger partial charge in [-0.25, -0.2) is 0 Å². The van der Waals surface area contributed by atoms with Crippen LogP contribution in [0.4, 0.5) is 0 Å². The minimum Gasteiger partial charge on any atom is -0.457 e. The molecule has 0 aliphatic carbocycles. The number of thioether (sulfide) groups is 1. The first-order valence-corrected chi connectivity index (χ1v) is 15.8. The lowest BCUT2D eigenvalue weighted by atomic mass is 9.92. The Morgan fingerprint density at radius 3 is 2.63 bits per heavy atom. The van der Waals surface area contributed by atoms with Gasteiger partial charge in [0, 0.05) is 11.5 Å².